The fraction of sp³-hybridized carbons (Fsp3) is 0. The van der Waals surface area contributed by atoms with Crippen molar-refractivity contribution in [1.29, 1.82) is 5.26 Å². The van der Waals surface area contributed by atoms with Gasteiger partial charge in [0.2, 0.25) is 0 Å². The number of hydrogen-bond donors (Lipinski definition) is 0. The zero-order chi connectivity index (χ0) is 33.7. The van der Waals surface area contributed by atoms with E-state index in [4.69, 9.17) is 24.9 Å². The molecule has 8 aromatic rings. The van der Waals surface area contributed by atoms with Crippen LogP contribution in [0.4, 0.5) is 0 Å². The summed E-state index contributed by atoms with van der Waals surface area (Å²) in [5, 5.41) is 10.2. The number of rotatable bonds is 7. The van der Waals surface area contributed by atoms with Gasteiger partial charge in [0.25, 0.3) is 0 Å². The molecule has 0 radical (unpaired) electrons. The van der Waals surface area contributed by atoms with Crippen molar-refractivity contribution < 1.29 is 0 Å². The molecule has 234 valence electrons. The van der Waals surface area contributed by atoms with Gasteiger partial charge in [-0.2, -0.15) is 5.26 Å². The quantitative estimate of drug-likeness (QED) is 0.172. The van der Waals surface area contributed by atoms with Crippen molar-refractivity contribution in [3.8, 4) is 85.3 Å². The van der Waals surface area contributed by atoms with Crippen LogP contribution in [0.25, 0.3) is 79.2 Å². The Labute approximate surface area is 290 Å². The molecule has 0 atom stereocenters. The van der Waals surface area contributed by atoms with Crippen LogP contribution in [-0.4, -0.2) is 24.9 Å². The average molecular weight is 641 g/mol. The largest absolute Gasteiger partial charge is 0.228 e. The van der Waals surface area contributed by atoms with E-state index in [2.05, 4.69) is 30.3 Å². The minimum Gasteiger partial charge on any atom is -0.228 e. The van der Waals surface area contributed by atoms with Gasteiger partial charge >= 0.3 is 0 Å². The van der Waals surface area contributed by atoms with Gasteiger partial charge in [0, 0.05) is 33.4 Å². The highest BCUT2D eigenvalue weighted by Gasteiger charge is 2.16. The van der Waals surface area contributed by atoms with Gasteiger partial charge in [-0.1, -0.05) is 146 Å². The second-order valence-electron chi connectivity index (χ2n) is 11.7. The lowest BCUT2D eigenvalue weighted by Gasteiger charge is -2.12. The minimum absolute atomic E-state index is 0.463. The summed E-state index contributed by atoms with van der Waals surface area (Å²) in [6, 6.07) is 58.2. The molecule has 0 unspecified atom stereocenters. The minimum atomic E-state index is 0.463. The van der Waals surface area contributed by atoms with Gasteiger partial charge in [-0.05, 0) is 35.4 Å². The van der Waals surface area contributed by atoms with Crippen molar-refractivity contribution >= 4 is 0 Å². The lowest BCUT2D eigenvalue weighted by atomic mass is 10.0. The van der Waals surface area contributed by atoms with E-state index < -0.39 is 0 Å². The van der Waals surface area contributed by atoms with Crippen LogP contribution < -0.4 is 0 Å². The van der Waals surface area contributed by atoms with Gasteiger partial charge in [0.15, 0.2) is 23.3 Å². The van der Waals surface area contributed by atoms with Crippen LogP contribution in [0.3, 0.4) is 0 Å². The molecule has 0 aliphatic carbocycles. The van der Waals surface area contributed by atoms with Crippen LogP contribution in [0.2, 0.25) is 0 Å². The van der Waals surface area contributed by atoms with Crippen molar-refractivity contribution in [2.45, 2.75) is 0 Å². The zero-order valence-electron chi connectivity index (χ0n) is 26.8. The lowest BCUT2D eigenvalue weighted by Crippen LogP contribution is -2.01. The number of aromatic nitrogens is 5. The van der Waals surface area contributed by atoms with Crippen LogP contribution in [-0.2, 0) is 0 Å². The molecule has 0 aliphatic rings. The maximum absolute atomic E-state index is 10.2. The second-order valence-corrected chi connectivity index (χ2v) is 11.7. The number of benzene rings is 6. The Bertz CT molecular complexity index is 2400. The molecule has 50 heavy (non-hydrogen) atoms. The zero-order valence-corrected chi connectivity index (χ0v) is 26.8. The molecule has 2 aromatic heterocycles. The van der Waals surface area contributed by atoms with E-state index in [1.807, 2.05) is 146 Å². The van der Waals surface area contributed by atoms with Crippen LogP contribution in [0, 0.1) is 11.3 Å². The Morgan fingerprint density at radius 3 is 1.18 bits per heavy atom. The van der Waals surface area contributed by atoms with Gasteiger partial charge < -0.3 is 0 Å². The van der Waals surface area contributed by atoms with Crippen LogP contribution in [0.1, 0.15) is 5.56 Å². The molecular formula is C44H28N6. The SMILES string of the molecule is N#Cc1cc(-c2cc(-c3ccccc3)nc(-c3ccc(-c4ccccc4)cc3)n2)cc(-c2nc(-c3ccccc3)nc(-c3ccccc3)n2)c1. The van der Waals surface area contributed by atoms with E-state index in [9.17, 15) is 5.26 Å². The average Bonchev–Trinajstić information content (AvgIpc) is 3.21. The first-order valence-electron chi connectivity index (χ1n) is 16.2. The van der Waals surface area contributed by atoms with Gasteiger partial charge in [0.1, 0.15) is 0 Å². The second kappa shape index (κ2) is 13.6. The summed E-state index contributed by atoms with van der Waals surface area (Å²) < 4.78 is 0. The predicted octanol–water partition coefficient (Wildman–Crippen LogP) is 10.2. The van der Waals surface area contributed by atoms with Gasteiger partial charge in [-0.15, -0.1) is 0 Å². The summed E-state index contributed by atoms with van der Waals surface area (Å²) in [5.41, 5.74) is 9.21. The Balaban J connectivity index is 1.28. The summed E-state index contributed by atoms with van der Waals surface area (Å²) in [7, 11) is 0. The highest BCUT2D eigenvalue weighted by atomic mass is 15.0. The summed E-state index contributed by atoms with van der Waals surface area (Å²) in [4.78, 5) is 24.7. The van der Waals surface area contributed by atoms with E-state index in [1.165, 1.54) is 0 Å². The first-order valence-corrected chi connectivity index (χ1v) is 16.2. The Morgan fingerprint density at radius 2 is 0.660 bits per heavy atom. The monoisotopic (exact) mass is 640 g/mol. The van der Waals surface area contributed by atoms with Gasteiger partial charge in [-0.25, -0.2) is 24.9 Å². The van der Waals surface area contributed by atoms with Crippen molar-refractivity contribution in [1.82, 2.24) is 24.9 Å². The number of nitrogens with zero attached hydrogens (tertiary/aromatic N) is 6. The predicted molar refractivity (Wildman–Crippen MR) is 198 cm³/mol. The normalized spacial score (nSPS) is 10.8. The molecule has 0 bridgehead atoms. The highest BCUT2D eigenvalue weighted by Crippen LogP contribution is 2.32. The molecule has 0 spiro atoms. The van der Waals surface area contributed by atoms with Crippen molar-refractivity contribution in [3.63, 3.8) is 0 Å². The summed E-state index contributed by atoms with van der Waals surface area (Å²) in [6.45, 7) is 0. The molecule has 6 nitrogen and oxygen atoms in total. The van der Waals surface area contributed by atoms with Crippen LogP contribution >= 0.6 is 0 Å². The van der Waals surface area contributed by atoms with Crippen molar-refractivity contribution in [2.75, 3.05) is 0 Å². The van der Waals surface area contributed by atoms with Crippen LogP contribution in [0.5, 0.6) is 0 Å². The van der Waals surface area contributed by atoms with Gasteiger partial charge in [-0.3, -0.25) is 0 Å². The Hall–Kier alpha value is -7.10. The molecule has 8 rings (SSSR count). The first-order chi connectivity index (χ1) is 24.7. The summed E-state index contributed by atoms with van der Waals surface area (Å²) >= 11 is 0. The van der Waals surface area contributed by atoms with Crippen molar-refractivity contribution in [2.24, 2.45) is 0 Å². The molecule has 0 fully saturated rings. The maximum Gasteiger partial charge on any atom is 0.164 e. The highest BCUT2D eigenvalue weighted by molar-refractivity contribution is 5.77. The standard InChI is InChI=1S/C44H28N6/c45-29-30-25-37(27-38(26-30)44-49-42(34-17-9-3-10-18-34)48-43(50-44)35-19-11-4-12-20-35)40-28-39(33-15-7-2-8-16-33)46-41(47-40)36-23-21-32(22-24-36)31-13-5-1-6-14-31/h1-28H. The fourth-order valence-corrected chi connectivity index (χ4v) is 5.83. The molecule has 0 N–H and O–H groups in total. The van der Waals surface area contributed by atoms with E-state index in [0.717, 1.165) is 44.6 Å². The molecule has 0 amide bonds. The Kier molecular flexibility index (Phi) is 8.20. The van der Waals surface area contributed by atoms with Crippen molar-refractivity contribution in [3.05, 3.63) is 175 Å². The van der Waals surface area contributed by atoms with E-state index >= 15 is 0 Å². The molecular weight excluding hydrogens is 613 g/mol. The van der Waals surface area contributed by atoms with E-state index in [1.54, 1.807) is 0 Å². The third-order valence-electron chi connectivity index (χ3n) is 8.36. The third-order valence-corrected chi connectivity index (χ3v) is 8.36. The van der Waals surface area contributed by atoms with Crippen LogP contribution in [0.15, 0.2) is 170 Å². The third kappa shape index (κ3) is 6.40. The van der Waals surface area contributed by atoms with E-state index in [0.29, 0.717) is 40.1 Å². The van der Waals surface area contributed by atoms with E-state index in [-0.39, 0.29) is 0 Å². The molecule has 0 saturated carbocycles. The smallest absolute Gasteiger partial charge is 0.164 e. The number of nitriles is 1. The topological polar surface area (TPSA) is 88.2 Å². The summed E-state index contributed by atoms with van der Waals surface area (Å²) in [5.74, 6) is 2.15. The fourth-order valence-electron chi connectivity index (χ4n) is 5.83. The lowest BCUT2D eigenvalue weighted by molar-refractivity contribution is 1.07. The number of hydrogen-bond acceptors (Lipinski definition) is 6. The summed E-state index contributed by atoms with van der Waals surface area (Å²) in [6.07, 6.45) is 0. The molecule has 6 heteroatoms. The first kappa shape index (κ1) is 30.2. The van der Waals surface area contributed by atoms with Gasteiger partial charge in [0.05, 0.1) is 23.0 Å². The Morgan fingerprint density at radius 1 is 0.300 bits per heavy atom. The maximum atomic E-state index is 10.2. The molecule has 0 aliphatic heterocycles. The molecule has 2 heterocycles. The molecule has 0 saturated heterocycles. The molecule has 6 aromatic carbocycles.